The van der Waals surface area contributed by atoms with Crippen LogP contribution in [0.1, 0.15) is 21.1 Å². The van der Waals surface area contributed by atoms with Gasteiger partial charge in [-0.3, -0.25) is 9.59 Å². The van der Waals surface area contributed by atoms with Crippen LogP contribution in [-0.2, 0) is 4.79 Å². The summed E-state index contributed by atoms with van der Waals surface area (Å²) in [5.41, 5.74) is 0.884. The third-order valence-corrected chi connectivity index (χ3v) is 3.90. The Morgan fingerprint density at radius 1 is 1.40 bits per heavy atom. The van der Waals surface area contributed by atoms with Gasteiger partial charge in [-0.2, -0.15) is 0 Å². The summed E-state index contributed by atoms with van der Waals surface area (Å²) in [5, 5.41) is 5.62. The second kappa shape index (κ2) is 6.19. The molecule has 0 atom stereocenters. The molecule has 0 unspecified atom stereocenters. The number of nitrogens with zero attached hydrogens (tertiary/aromatic N) is 1. The van der Waals surface area contributed by atoms with Crippen LogP contribution in [0.2, 0.25) is 0 Å². The third-order valence-electron chi connectivity index (χ3n) is 2.48. The number of nitrogens with one attached hydrogen (secondary N) is 2. The van der Waals surface area contributed by atoms with Gasteiger partial charge in [-0.1, -0.05) is 0 Å². The summed E-state index contributed by atoms with van der Waals surface area (Å²) in [6.07, 6.45) is 0. The lowest BCUT2D eigenvalue weighted by atomic mass is 10.4. The Bertz CT molecular complexity index is 631. The number of halogens is 1. The summed E-state index contributed by atoms with van der Waals surface area (Å²) in [7, 11) is 0. The lowest BCUT2D eigenvalue weighted by Crippen LogP contribution is -2.32. The first-order valence-electron chi connectivity index (χ1n) is 5.73. The number of carbonyl (C=O) groups is 2. The van der Waals surface area contributed by atoms with Crippen molar-refractivity contribution in [2.24, 2.45) is 0 Å². The van der Waals surface area contributed by atoms with E-state index in [1.54, 1.807) is 6.07 Å². The van der Waals surface area contributed by atoms with Gasteiger partial charge in [0, 0.05) is 4.88 Å². The second-order valence-electron chi connectivity index (χ2n) is 4.00. The van der Waals surface area contributed by atoms with Crippen molar-refractivity contribution in [2.45, 2.75) is 13.8 Å². The van der Waals surface area contributed by atoms with Crippen LogP contribution in [0.3, 0.4) is 0 Å². The number of hydrogen-bond acceptors (Lipinski definition) is 5. The van der Waals surface area contributed by atoms with Crippen molar-refractivity contribution in [3.63, 3.8) is 0 Å². The summed E-state index contributed by atoms with van der Waals surface area (Å²) in [4.78, 5) is 28.6. The molecule has 20 heavy (non-hydrogen) atoms. The Hall–Kier alpha value is -1.67. The average Bonchev–Trinajstić information content (AvgIpc) is 2.94. The standard InChI is InChI=1S/C12H12BrN3O3S/c1-6-7(2)20-12(15-6)16-10(17)5-14-11(18)8-3-4-9(13)19-8/h3-4H,5H2,1-2H3,(H,14,18)(H,15,16,17). The molecule has 2 aromatic heterocycles. The fraction of sp³-hybridized carbons (Fsp3) is 0.250. The molecule has 2 N–H and O–H groups in total. The van der Waals surface area contributed by atoms with Gasteiger partial charge in [0.2, 0.25) is 5.91 Å². The van der Waals surface area contributed by atoms with Gasteiger partial charge < -0.3 is 15.1 Å². The maximum Gasteiger partial charge on any atom is 0.287 e. The monoisotopic (exact) mass is 357 g/mol. The molecule has 0 aromatic carbocycles. The number of hydrogen-bond donors (Lipinski definition) is 2. The zero-order valence-corrected chi connectivity index (χ0v) is 13.2. The van der Waals surface area contributed by atoms with E-state index >= 15 is 0 Å². The van der Waals surface area contributed by atoms with E-state index in [-0.39, 0.29) is 18.2 Å². The number of rotatable bonds is 4. The van der Waals surface area contributed by atoms with Crippen molar-refractivity contribution in [3.8, 4) is 0 Å². The highest BCUT2D eigenvalue weighted by Gasteiger charge is 2.13. The zero-order chi connectivity index (χ0) is 14.7. The van der Waals surface area contributed by atoms with E-state index in [9.17, 15) is 9.59 Å². The number of aryl methyl sites for hydroxylation is 2. The van der Waals surface area contributed by atoms with Gasteiger partial charge in [-0.25, -0.2) is 4.98 Å². The Morgan fingerprint density at radius 2 is 2.15 bits per heavy atom. The van der Waals surface area contributed by atoms with E-state index in [0.717, 1.165) is 10.6 Å². The van der Waals surface area contributed by atoms with Crippen LogP contribution in [0.5, 0.6) is 0 Å². The number of aromatic nitrogens is 1. The number of furan rings is 1. The van der Waals surface area contributed by atoms with Crippen molar-refractivity contribution in [1.29, 1.82) is 0 Å². The molecule has 0 aliphatic rings. The molecule has 0 saturated heterocycles. The molecule has 0 bridgehead atoms. The van der Waals surface area contributed by atoms with Crippen LogP contribution in [-0.4, -0.2) is 23.3 Å². The van der Waals surface area contributed by atoms with Crippen molar-refractivity contribution in [2.75, 3.05) is 11.9 Å². The molecule has 2 heterocycles. The molecule has 0 saturated carbocycles. The summed E-state index contributed by atoms with van der Waals surface area (Å²) in [6.45, 7) is 3.66. The Kier molecular flexibility index (Phi) is 4.56. The van der Waals surface area contributed by atoms with Crippen LogP contribution < -0.4 is 10.6 Å². The topological polar surface area (TPSA) is 84.2 Å². The second-order valence-corrected chi connectivity index (χ2v) is 5.98. The fourth-order valence-electron chi connectivity index (χ4n) is 1.37. The van der Waals surface area contributed by atoms with Crippen LogP contribution in [0.4, 0.5) is 5.13 Å². The Morgan fingerprint density at radius 3 is 2.70 bits per heavy atom. The minimum Gasteiger partial charge on any atom is -0.444 e. The van der Waals surface area contributed by atoms with Crippen molar-refractivity contribution in [1.82, 2.24) is 10.3 Å². The van der Waals surface area contributed by atoms with Crippen molar-refractivity contribution < 1.29 is 14.0 Å². The summed E-state index contributed by atoms with van der Waals surface area (Å²) < 4.78 is 5.54. The first-order chi connectivity index (χ1) is 9.45. The number of carbonyl (C=O) groups excluding carboxylic acids is 2. The first-order valence-corrected chi connectivity index (χ1v) is 7.34. The van der Waals surface area contributed by atoms with E-state index in [1.807, 2.05) is 13.8 Å². The molecular weight excluding hydrogens is 346 g/mol. The van der Waals surface area contributed by atoms with Crippen LogP contribution in [0.25, 0.3) is 0 Å². The summed E-state index contributed by atoms with van der Waals surface area (Å²) in [5.74, 6) is -0.638. The molecule has 0 fully saturated rings. The van der Waals surface area contributed by atoms with Gasteiger partial charge in [0.1, 0.15) is 0 Å². The highest BCUT2D eigenvalue weighted by atomic mass is 79.9. The molecule has 106 valence electrons. The Labute approximate surface area is 127 Å². The minimum atomic E-state index is -0.447. The van der Waals surface area contributed by atoms with Gasteiger partial charge >= 0.3 is 0 Å². The molecule has 2 amide bonds. The van der Waals surface area contributed by atoms with Gasteiger partial charge in [0.25, 0.3) is 5.91 Å². The molecule has 0 aliphatic heterocycles. The van der Waals surface area contributed by atoms with Gasteiger partial charge in [-0.15, -0.1) is 11.3 Å². The van der Waals surface area contributed by atoms with E-state index in [1.165, 1.54) is 17.4 Å². The predicted octanol–water partition coefficient (Wildman–Crippen LogP) is 2.48. The van der Waals surface area contributed by atoms with E-state index in [0.29, 0.717) is 9.80 Å². The van der Waals surface area contributed by atoms with Crippen molar-refractivity contribution >= 4 is 44.2 Å². The molecule has 0 spiro atoms. The SMILES string of the molecule is Cc1nc(NC(=O)CNC(=O)c2ccc(Br)o2)sc1C. The van der Waals surface area contributed by atoms with E-state index < -0.39 is 5.91 Å². The number of amides is 2. The normalized spacial score (nSPS) is 10.3. The molecule has 0 aliphatic carbocycles. The lowest BCUT2D eigenvalue weighted by Gasteiger charge is -2.03. The minimum absolute atomic E-state index is 0.144. The average molecular weight is 358 g/mol. The van der Waals surface area contributed by atoms with Crippen molar-refractivity contribution in [3.05, 3.63) is 33.1 Å². The highest BCUT2D eigenvalue weighted by molar-refractivity contribution is 9.10. The molecular formula is C12H12BrN3O3S. The van der Waals surface area contributed by atoms with E-state index in [2.05, 4.69) is 31.5 Å². The van der Waals surface area contributed by atoms with Crippen LogP contribution >= 0.6 is 27.3 Å². The Balaban J connectivity index is 1.84. The third kappa shape index (κ3) is 3.67. The summed E-state index contributed by atoms with van der Waals surface area (Å²) in [6, 6.07) is 3.13. The van der Waals surface area contributed by atoms with Gasteiger partial charge in [0.05, 0.1) is 12.2 Å². The molecule has 2 aromatic rings. The zero-order valence-electron chi connectivity index (χ0n) is 10.8. The van der Waals surface area contributed by atoms with Gasteiger partial charge in [0.15, 0.2) is 15.6 Å². The van der Waals surface area contributed by atoms with Crippen LogP contribution in [0, 0.1) is 13.8 Å². The molecule has 8 heteroatoms. The van der Waals surface area contributed by atoms with E-state index in [4.69, 9.17) is 4.42 Å². The number of thiazole rings is 1. The quantitative estimate of drug-likeness (QED) is 0.880. The highest BCUT2D eigenvalue weighted by Crippen LogP contribution is 2.20. The lowest BCUT2D eigenvalue weighted by molar-refractivity contribution is -0.115. The molecule has 6 nitrogen and oxygen atoms in total. The molecule has 2 rings (SSSR count). The maximum atomic E-state index is 11.7. The van der Waals surface area contributed by atoms with Gasteiger partial charge in [-0.05, 0) is 41.9 Å². The smallest absolute Gasteiger partial charge is 0.287 e. The largest absolute Gasteiger partial charge is 0.444 e. The summed E-state index contributed by atoms with van der Waals surface area (Å²) >= 11 is 4.50. The predicted molar refractivity (Wildman–Crippen MR) is 79.0 cm³/mol. The first kappa shape index (κ1) is 14.7. The molecule has 0 radical (unpaired) electrons. The fourth-order valence-corrected chi connectivity index (χ4v) is 2.51. The number of anilines is 1. The maximum absolute atomic E-state index is 11.7. The van der Waals surface area contributed by atoms with Crippen LogP contribution in [0.15, 0.2) is 21.2 Å².